The number of nitrogens with zero attached hydrogens (tertiary/aromatic N) is 1. The van der Waals surface area contributed by atoms with E-state index in [9.17, 15) is 9.90 Å². The van der Waals surface area contributed by atoms with Gasteiger partial charge < -0.3 is 10.4 Å². The van der Waals surface area contributed by atoms with Crippen molar-refractivity contribution < 1.29 is 9.90 Å². The van der Waals surface area contributed by atoms with Gasteiger partial charge in [-0.05, 0) is 73.8 Å². The minimum absolute atomic E-state index is 0.0486. The van der Waals surface area contributed by atoms with Crippen molar-refractivity contribution in [3.05, 3.63) is 30.1 Å². The van der Waals surface area contributed by atoms with Gasteiger partial charge in [0.05, 0.1) is 12.5 Å². The molecule has 124 valence electrons. The molecule has 4 aliphatic rings. The van der Waals surface area contributed by atoms with Crippen LogP contribution in [0.4, 0.5) is 0 Å². The largest absolute Gasteiger partial charge is 0.391 e. The molecular weight excluding hydrogens is 288 g/mol. The molecule has 5 rings (SSSR count). The van der Waals surface area contributed by atoms with Gasteiger partial charge >= 0.3 is 0 Å². The number of nitrogens with one attached hydrogen (secondary N) is 1. The zero-order chi connectivity index (χ0) is 15.9. The van der Waals surface area contributed by atoms with Crippen LogP contribution in [0.3, 0.4) is 0 Å². The molecule has 1 atom stereocenters. The molecule has 2 N–H and O–H groups in total. The Morgan fingerprint density at radius 3 is 2.43 bits per heavy atom. The molecule has 1 aromatic heterocycles. The van der Waals surface area contributed by atoms with Gasteiger partial charge in [-0.2, -0.15) is 0 Å². The van der Waals surface area contributed by atoms with E-state index in [0.29, 0.717) is 6.54 Å². The molecule has 1 amide bonds. The van der Waals surface area contributed by atoms with E-state index < -0.39 is 6.10 Å². The lowest BCUT2D eigenvalue weighted by molar-refractivity contribution is -0.128. The third-order valence-corrected chi connectivity index (χ3v) is 6.35. The summed E-state index contributed by atoms with van der Waals surface area (Å²) in [5.74, 6) is 2.41. The number of hydrogen-bond donors (Lipinski definition) is 2. The van der Waals surface area contributed by atoms with Crippen molar-refractivity contribution in [2.75, 3.05) is 6.54 Å². The molecule has 0 radical (unpaired) electrons. The molecule has 23 heavy (non-hydrogen) atoms. The predicted octanol–water partition coefficient (Wildman–Crippen LogP) is 2.32. The van der Waals surface area contributed by atoms with Gasteiger partial charge in [0.15, 0.2) is 0 Å². The fourth-order valence-corrected chi connectivity index (χ4v) is 5.74. The Hall–Kier alpha value is -1.42. The Kier molecular flexibility index (Phi) is 3.88. The topological polar surface area (TPSA) is 62.2 Å². The smallest absolute Gasteiger partial charge is 0.226 e. The van der Waals surface area contributed by atoms with Crippen molar-refractivity contribution in [3.8, 4) is 0 Å². The summed E-state index contributed by atoms with van der Waals surface area (Å²) in [7, 11) is 0. The number of hydrogen-bond acceptors (Lipinski definition) is 3. The summed E-state index contributed by atoms with van der Waals surface area (Å²) in [6.45, 7) is 0.387. The van der Waals surface area contributed by atoms with E-state index in [4.69, 9.17) is 0 Å². The second kappa shape index (κ2) is 5.90. The van der Waals surface area contributed by atoms with E-state index in [2.05, 4.69) is 10.3 Å². The van der Waals surface area contributed by atoms with Crippen molar-refractivity contribution >= 4 is 5.91 Å². The van der Waals surface area contributed by atoms with Crippen LogP contribution in [-0.2, 0) is 11.2 Å². The van der Waals surface area contributed by atoms with Crippen LogP contribution < -0.4 is 5.32 Å². The number of aliphatic hydroxyl groups excluding tert-OH is 1. The molecule has 4 aliphatic carbocycles. The van der Waals surface area contributed by atoms with Gasteiger partial charge in [-0.1, -0.05) is 6.07 Å². The highest BCUT2D eigenvalue weighted by Gasteiger charge is 2.53. The van der Waals surface area contributed by atoms with E-state index in [1.807, 2.05) is 18.2 Å². The van der Waals surface area contributed by atoms with Crippen LogP contribution in [0, 0.1) is 23.2 Å². The molecule has 4 bridgehead atoms. The number of carbonyl (C=O) groups is 1. The molecule has 4 fully saturated rings. The number of rotatable bonds is 5. The van der Waals surface area contributed by atoms with E-state index in [1.54, 1.807) is 6.20 Å². The lowest BCUT2D eigenvalue weighted by Crippen LogP contribution is -2.54. The van der Waals surface area contributed by atoms with E-state index in [1.165, 1.54) is 19.3 Å². The summed E-state index contributed by atoms with van der Waals surface area (Å²) in [6, 6.07) is 5.59. The minimum Gasteiger partial charge on any atom is -0.391 e. The average Bonchev–Trinajstić information content (AvgIpc) is 2.52. The number of aromatic nitrogens is 1. The summed E-state index contributed by atoms with van der Waals surface area (Å²) in [5, 5.41) is 13.7. The van der Waals surface area contributed by atoms with Gasteiger partial charge in [0.1, 0.15) is 0 Å². The summed E-state index contributed by atoms with van der Waals surface area (Å²) in [5.41, 5.74) is 0.849. The van der Waals surface area contributed by atoms with Crippen molar-refractivity contribution in [2.24, 2.45) is 23.2 Å². The standard InChI is InChI=1S/C19H26N2O2/c22-17(12-21-18(23)8-16-3-1-2-4-20-16)19-9-13-5-14(10-19)7-15(6-13)11-19/h1-4,13-15,17,22H,5-12H2,(H,21,23). The normalized spacial score (nSPS) is 36.0. The number of aliphatic hydroxyl groups is 1. The fraction of sp³-hybridized carbons (Fsp3) is 0.684. The molecule has 0 spiro atoms. The maximum Gasteiger partial charge on any atom is 0.226 e. The zero-order valence-corrected chi connectivity index (χ0v) is 13.6. The van der Waals surface area contributed by atoms with Gasteiger partial charge in [-0.25, -0.2) is 0 Å². The highest BCUT2D eigenvalue weighted by molar-refractivity contribution is 5.78. The lowest BCUT2D eigenvalue weighted by Gasteiger charge is -2.58. The Morgan fingerprint density at radius 1 is 1.22 bits per heavy atom. The predicted molar refractivity (Wildman–Crippen MR) is 87.6 cm³/mol. The molecular formula is C19H26N2O2. The molecule has 1 aromatic rings. The molecule has 1 unspecified atom stereocenters. The minimum atomic E-state index is -0.399. The summed E-state index contributed by atoms with van der Waals surface area (Å²) >= 11 is 0. The monoisotopic (exact) mass is 314 g/mol. The first-order valence-corrected chi connectivity index (χ1v) is 8.98. The molecule has 0 saturated heterocycles. The van der Waals surface area contributed by atoms with Crippen molar-refractivity contribution in [2.45, 2.75) is 51.0 Å². The maximum absolute atomic E-state index is 12.1. The van der Waals surface area contributed by atoms with Crippen LogP contribution in [0.15, 0.2) is 24.4 Å². The van der Waals surface area contributed by atoms with E-state index in [0.717, 1.165) is 42.7 Å². The number of carbonyl (C=O) groups excluding carboxylic acids is 1. The first-order chi connectivity index (χ1) is 11.1. The van der Waals surface area contributed by atoms with E-state index in [-0.39, 0.29) is 17.7 Å². The third-order valence-electron chi connectivity index (χ3n) is 6.35. The molecule has 4 nitrogen and oxygen atoms in total. The quantitative estimate of drug-likeness (QED) is 0.877. The van der Waals surface area contributed by atoms with Crippen LogP contribution >= 0.6 is 0 Å². The Bertz CT molecular complexity index is 537. The second-order valence-electron chi connectivity index (χ2n) is 8.10. The van der Waals surface area contributed by atoms with Gasteiger partial charge in [0, 0.05) is 18.4 Å². The first kappa shape index (κ1) is 15.1. The van der Waals surface area contributed by atoms with Gasteiger partial charge in [-0.15, -0.1) is 0 Å². The Morgan fingerprint density at radius 2 is 1.87 bits per heavy atom. The van der Waals surface area contributed by atoms with Crippen molar-refractivity contribution in [1.82, 2.24) is 10.3 Å². The van der Waals surface area contributed by atoms with Gasteiger partial charge in [0.25, 0.3) is 0 Å². The summed E-state index contributed by atoms with van der Waals surface area (Å²) in [6.07, 6.45) is 9.20. The molecule has 4 heteroatoms. The second-order valence-corrected chi connectivity index (χ2v) is 8.10. The van der Waals surface area contributed by atoms with Gasteiger partial charge in [-0.3, -0.25) is 9.78 Å². The SMILES string of the molecule is O=C(Cc1ccccn1)NCC(O)C12CC3CC(CC(C3)C1)C2. The zero-order valence-electron chi connectivity index (χ0n) is 13.6. The van der Waals surface area contributed by atoms with Crippen LogP contribution in [-0.4, -0.2) is 28.6 Å². The molecule has 1 heterocycles. The molecule has 0 aliphatic heterocycles. The maximum atomic E-state index is 12.1. The summed E-state index contributed by atoms with van der Waals surface area (Å²) in [4.78, 5) is 16.3. The molecule has 4 saturated carbocycles. The van der Waals surface area contributed by atoms with Crippen LogP contribution in [0.1, 0.15) is 44.2 Å². The highest BCUT2D eigenvalue weighted by Crippen LogP contribution is 2.61. The Labute approximate surface area is 137 Å². The average molecular weight is 314 g/mol. The fourth-order valence-electron chi connectivity index (χ4n) is 5.74. The van der Waals surface area contributed by atoms with Crippen LogP contribution in [0.5, 0.6) is 0 Å². The first-order valence-electron chi connectivity index (χ1n) is 8.98. The number of pyridine rings is 1. The van der Waals surface area contributed by atoms with Crippen molar-refractivity contribution in [1.29, 1.82) is 0 Å². The van der Waals surface area contributed by atoms with Gasteiger partial charge in [0.2, 0.25) is 5.91 Å². The van der Waals surface area contributed by atoms with Crippen molar-refractivity contribution in [3.63, 3.8) is 0 Å². The number of amides is 1. The van der Waals surface area contributed by atoms with Crippen LogP contribution in [0.2, 0.25) is 0 Å². The molecule has 0 aromatic carbocycles. The third kappa shape index (κ3) is 3.01. The summed E-state index contributed by atoms with van der Waals surface area (Å²) < 4.78 is 0. The highest BCUT2D eigenvalue weighted by atomic mass is 16.3. The van der Waals surface area contributed by atoms with E-state index >= 15 is 0 Å². The van der Waals surface area contributed by atoms with Crippen LogP contribution in [0.25, 0.3) is 0 Å². The lowest BCUT2D eigenvalue weighted by atomic mass is 9.48. The Balaban J connectivity index is 1.33.